The Bertz CT molecular complexity index is 1450. The van der Waals surface area contributed by atoms with Crippen LogP contribution in [-0.4, -0.2) is 34.1 Å². The summed E-state index contributed by atoms with van der Waals surface area (Å²) < 4.78 is 7.82. The van der Waals surface area contributed by atoms with E-state index < -0.39 is 6.04 Å². The Morgan fingerprint density at radius 2 is 1.72 bits per heavy atom. The number of fused-ring (bicyclic) bond motifs is 1. The lowest BCUT2D eigenvalue weighted by Crippen LogP contribution is -2.41. The van der Waals surface area contributed by atoms with Gasteiger partial charge < -0.3 is 15.0 Å². The molecular formula is C31H35BrN4O3. The van der Waals surface area contributed by atoms with E-state index in [0.29, 0.717) is 41.1 Å². The molecule has 1 unspecified atom stereocenters. The summed E-state index contributed by atoms with van der Waals surface area (Å²) in [6.07, 6.45) is 4.67. The number of hydrogen-bond acceptors (Lipinski definition) is 4. The van der Waals surface area contributed by atoms with Crippen LogP contribution in [0, 0.1) is 0 Å². The zero-order valence-corrected chi connectivity index (χ0v) is 24.3. The van der Waals surface area contributed by atoms with Crippen molar-refractivity contribution in [2.45, 2.75) is 52.0 Å². The molecule has 3 aromatic carbocycles. The van der Waals surface area contributed by atoms with Crippen molar-refractivity contribution in [2.24, 2.45) is 0 Å². The van der Waals surface area contributed by atoms with Gasteiger partial charge >= 0.3 is 6.03 Å². The van der Waals surface area contributed by atoms with Crippen LogP contribution in [-0.2, 0) is 0 Å². The number of rotatable bonds is 11. The maximum atomic E-state index is 13.9. The van der Waals surface area contributed by atoms with E-state index in [-0.39, 0.29) is 11.6 Å². The van der Waals surface area contributed by atoms with Gasteiger partial charge in [-0.3, -0.25) is 9.36 Å². The van der Waals surface area contributed by atoms with Crippen LogP contribution in [0.4, 0.5) is 10.5 Å². The predicted octanol–water partition coefficient (Wildman–Crippen LogP) is 7.72. The predicted molar refractivity (Wildman–Crippen MR) is 161 cm³/mol. The minimum atomic E-state index is -0.425. The monoisotopic (exact) mass is 590 g/mol. The normalized spacial score (nSPS) is 11.8. The number of amides is 2. The number of nitrogens with zero attached hydrogens (tertiary/aromatic N) is 3. The first-order chi connectivity index (χ1) is 19.0. The van der Waals surface area contributed by atoms with Gasteiger partial charge in [-0.25, -0.2) is 9.78 Å². The van der Waals surface area contributed by atoms with Crippen molar-refractivity contribution < 1.29 is 9.53 Å². The number of ether oxygens (including phenoxy) is 1. The summed E-state index contributed by atoms with van der Waals surface area (Å²) in [7, 11) is 1.61. The van der Waals surface area contributed by atoms with Crippen LogP contribution in [0.5, 0.6) is 5.75 Å². The smallest absolute Gasteiger partial charge is 0.322 e. The van der Waals surface area contributed by atoms with Gasteiger partial charge in [0.25, 0.3) is 5.56 Å². The van der Waals surface area contributed by atoms with E-state index in [1.807, 2.05) is 78.6 Å². The molecule has 1 N–H and O–H groups in total. The number of benzene rings is 3. The van der Waals surface area contributed by atoms with Gasteiger partial charge in [-0.2, -0.15) is 0 Å². The fourth-order valence-electron chi connectivity index (χ4n) is 4.73. The Balaban J connectivity index is 1.80. The number of anilines is 1. The van der Waals surface area contributed by atoms with Gasteiger partial charge in [0.1, 0.15) is 11.6 Å². The SMILES string of the molecule is CCCCCCN(C(=O)Nc1ccc(OC)cc1)C(CC)c1nc2ccccc2c(=O)n1-c1ccc(Br)cc1. The first-order valence-corrected chi connectivity index (χ1v) is 14.2. The number of aromatic nitrogens is 2. The second-order valence-corrected chi connectivity index (χ2v) is 10.4. The summed E-state index contributed by atoms with van der Waals surface area (Å²) in [4.78, 5) is 34.5. The zero-order chi connectivity index (χ0) is 27.8. The van der Waals surface area contributed by atoms with Crippen molar-refractivity contribution in [1.82, 2.24) is 14.5 Å². The number of para-hydroxylation sites is 1. The van der Waals surface area contributed by atoms with Gasteiger partial charge in [0.05, 0.1) is 29.7 Å². The first kappa shape index (κ1) is 28.4. The molecule has 8 heteroatoms. The third-order valence-corrected chi connectivity index (χ3v) is 7.33. The van der Waals surface area contributed by atoms with Gasteiger partial charge in [0.2, 0.25) is 0 Å². The fourth-order valence-corrected chi connectivity index (χ4v) is 5.00. The van der Waals surface area contributed by atoms with Crippen molar-refractivity contribution in [2.75, 3.05) is 19.0 Å². The lowest BCUT2D eigenvalue weighted by atomic mass is 10.1. The molecule has 4 aromatic rings. The number of halogens is 1. The average Bonchev–Trinajstić information content (AvgIpc) is 2.96. The van der Waals surface area contributed by atoms with Crippen molar-refractivity contribution in [1.29, 1.82) is 0 Å². The molecule has 2 amide bonds. The minimum Gasteiger partial charge on any atom is -0.497 e. The van der Waals surface area contributed by atoms with E-state index in [1.54, 1.807) is 17.7 Å². The third kappa shape index (κ3) is 6.68. The quantitative estimate of drug-likeness (QED) is 0.181. The highest BCUT2D eigenvalue weighted by Gasteiger charge is 2.29. The standard InChI is InChI=1S/C31H35BrN4O3/c1-4-6-7-10-21-35(31(38)33-23-15-19-25(39-3)20-16-23)28(5-2)29-34-27-12-9-8-11-26(27)30(37)36(29)24-17-13-22(32)14-18-24/h8-9,11-20,28H,4-7,10,21H2,1-3H3,(H,33,38). The van der Waals surface area contributed by atoms with Gasteiger partial charge in [0.15, 0.2) is 0 Å². The number of carbonyl (C=O) groups is 1. The molecule has 0 saturated carbocycles. The van der Waals surface area contributed by atoms with Crippen LogP contribution in [0.1, 0.15) is 57.8 Å². The van der Waals surface area contributed by atoms with Gasteiger partial charge in [-0.1, -0.05) is 61.2 Å². The molecule has 39 heavy (non-hydrogen) atoms. The van der Waals surface area contributed by atoms with Crippen LogP contribution in [0.3, 0.4) is 0 Å². The summed E-state index contributed by atoms with van der Waals surface area (Å²) >= 11 is 3.49. The van der Waals surface area contributed by atoms with Crippen LogP contribution < -0.4 is 15.6 Å². The Morgan fingerprint density at radius 1 is 1.00 bits per heavy atom. The van der Waals surface area contributed by atoms with Gasteiger partial charge in [-0.05, 0) is 73.5 Å². The Labute approximate surface area is 238 Å². The van der Waals surface area contributed by atoms with E-state index in [2.05, 4.69) is 28.2 Å². The van der Waals surface area contributed by atoms with E-state index in [0.717, 1.165) is 35.9 Å². The van der Waals surface area contributed by atoms with Crippen LogP contribution in [0.2, 0.25) is 0 Å². The summed E-state index contributed by atoms with van der Waals surface area (Å²) in [5.74, 6) is 1.26. The molecule has 1 atom stereocenters. The van der Waals surface area contributed by atoms with Crippen LogP contribution >= 0.6 is 15.9 Å². The minimum absolute atomic E-state index is 0.155. The van der Waals surface area contributed by atoms with Crippen molar-refractivity contribution in [3.05, 3.63) is 93.4 Å². The number of methoxy groups -OCH3 is 1. The molecule has 0 spiro atoms. The summed E-state index contributed by atoms with van der Waals surface area (Å²) in [6.45, 7) is 4.74. The molecular weight excluding hydrogens is 556 g/mol. The molecule has 1 heterocycles. The number of hydrogen-bond donors (Lipinski definition) is 1. The number of nitrogens with one attached hydrogen (secondary N) is 1. The molecule has 1 aromatic heterocycles. The van der Waals surface area contributed by atoms with E-state index in [9.17, 15) is 9.59 Å². The Kier molecular flexibility index (Phi) is 9.76. The second kappa shape index (κ2) is 13.4. The lowest BCUT2D eigenvalue weighted by molar-refractivity contribution is 0.179. The van der Waals surface area contributed by atoms with E-state index >= 15 is 0 Å². The molecule has 0 bridgehead atoms. The molecule has 0 aliphatic carbocycles. The highest BCUT2D eigenvalue weighted by Crippen LogP contribution is 2.28. The number of carbonyl (C=O) groups excluding carboxylic acids is 1. The molecule has 0 aliphatic rings. The summed E-state index contributed by atoms with van der Waals surface area (Å²) in [6, 6.07) is 21.6. The molecule has 0 aliphatic heterocycles. The maximum absolute atomic E-state index is 13.9. The average molecular weight is 592 g/mol. The third-order valence-electron chi connectivity index (χ3n) is 6.80. The molecule has 0 saturated heterocycles. The summed E-state index contributed by atoms with van der Waals surface area (Å²) in [5.41, 5.74) is 1.84. The van der Waals surface area contributed by atoms with E-state index in [1.165, 1.54) is 0 Å². The second-order valence-electron chi connectivity index (χ2n) is 9.44. The van der Waals surface area contributed by atoms with Gasteiger partial charge in [0, 0.05) is 16.7 Å². The molecule has 204 valence electrons. The molecule has 0 radical (unpaired) electrons. The Hall–Kier alpha value is -3.65. The molecule has 4 rings (SSSR count). The number of unbranched alkanes of at least 4 members (excludes halogenated alkanes) is 3. The highest BCUT2D eigenvalue weighted by atomic mass is 79.9. The zero-order valence-electron chi connectivity index (χ0n) is 22.7. The van der Waals surface area contributed by atoms with Crippen molar-refractivity contribution >= 4 is 38.6 Å². The highest BCUT2D eigenvalue weighted by molar-refractivity contribution is 9.10. The largest absolute Gasteiger partial charge is 0.497 e. The van der Waals surface area contributed by atoms with Crippen LogP contribution in [0.15, 0.2) is 82.1 Å². The Morgan fingerprint density at radius 3 is 2.38 bits per heavy atom. The number of urea groups is 1. The topological polar surface area (TPSA) is 76.5 Å². The molecule has 7 nitrogen and oxygen atoms in total. The summed E-state index contributed by atoms with van der Waals surface area (Å²) in [5, 5.41) is 3.59. The van der Waals surface area contributed by atoms with E-state index in [4.69, 9.17) is 9.72 Å². The lowest BCUT2D eigenvalue weighted by Gasteiger charge is -2.32. The van der Waals surface area contributed by atoms with Crippen molar-refractivity contribution in [3.63, 3.8) is 0 Å². The fraction of sp³-hybridized carbons (Fsp3) is 0.323. The van der Waals surface area contributed by atoms with Gasteiger partial charge in [-0.15, -0.1) is 0 Å². The maximum Gasteiger partial charge on any atom is 0.322 e. The first-order valence-electron chi connectivity index (χ1n) is 13.5. The molecule has 0 fully saturated rings. The van der Waals surface area contributed by atoms with Crippen LogP contribution in [0.25, 0.3) is 16.6 Å². The van der Waals surface area contributed by atoms with Crippen molar-refractivity contribution in [3.8, 4) is 11.4 Å².